The van der Waals surface area contributed by atoms with E-state index in [1.54, 1.807) is 25.3 Å². The van der Waals surface area contributed by atoms with E-state index in [0.29, 0.717) is 22.5 Å². The maximum atomic E-state index is 9.69. The van der Waals surface area contributed by atoms with Crippen molar-refractivity contribution in [1.82, 2.24) is 4.98 Å². The van der Waals surface area contributed by atoms with Gasteiger partial charge in [-0.05, 0) is 12.1 Å². The first-order valence-corrected chi connectivity index (χ1v) is 4.46. The Morgan fingerprint density at radius 3 is 2.60 bits per heavy atom. The zero-order valence-corrected chi connectivity index (χ0v) is 8.52. The topological polar surface area (TPSA) is 51.6 Å². The second kappa shape index (κ2) is 3.65. The number of pyridine rings is 1. The number of nitrogens with zero attached hydrogens (tertiary/aromatic N) is 1. The Balaban J connectivity index is 2.69. The Hall–Kier alpha value is -1.97. The lowest BCUT2D eigenvalue weighted by molar-refractivity contribution is 0.393. The number of rotatable bonds is 2. The van der Waals surface area contributed by atoms with Gasteiger partial charge >= 0.3 is 0 Å². The Bertz CT molecular complexity index is 491. The van der Waals surface area contributed by atoms with Crippen LogP contribution in [0.15, 0.2) is 24.3 Å². The quantitative estimate of drug-likeness (QED) is 0.814. The van der Waals surface area contributed by atoms with Crippen molar-refractivity contribution in [2.75, 3.05) is 14.2 Å². The summed E-state index contributed by atoms with van der Waals surface area (Å²) in [5.41, 5.74) is 0.645. The number of benzene rings is 1. The van der Waals surface area contributed by atoms with E-state index >= 15 is 0 Å². The minimum absolute atomic E-state index is 0.152. The fourth-order valence-corrected chi connectivity index (χ4v) is 1.40. The van der Waals surface area contributed by atoms with Gasteiger partial charge in [-0.2, -0.15) is 0 Å². The van der Waals surface area contributed by atoms with E-state index in [1.807, 2.05) is 0 Å². The van der Waals surface area contributed by atoms with Crippen LogP contribution in [0, 0.1) is 0 Å². The number of hydrogen-bond acceptors (Lipinski definition) is 4. The average Bonchev–Trinajstić information content (AvgIpc) is 2.28. The summed E-state index contributed by atoms with van der Waals surface area (Å²) >= 11 is 0. The molecule has 0 bridgehead atoms. The zero-order valence-electron chi connectivity index (χ0n) is 8.52. The third-order valence-corrected chi connectivity index (χ3v) is 2.18. The fourth-order valence-electron chi connectivity index (χ4n) is 1.40. The number of fused-ring (bicyclic) bond motifs is 1. The lowest BCUT2D eigenvalue weighted by Crippen LogP contribution is -1.89. The Labute approximate surface area is 87.1 Å². The summed E-state index contributed by atoms with van der Waals surface area (Å²) in [6.45, 7) is 0. The minimum atomic E-state index is 0.152. The van der Waals surface area contributed by atoms with Crippen LogP contribution in [0.1, 0.15) is 0 Å². The number of ether oxygens (including phenoxy) is 2. The largest absolute Gasteiger partial charge is 0.507 e. The summed E-state index contributed by atoms with van der Waals surface area (Å²) in [6, 6.07) is 6.76. The van der Waals surface area contributed by atoms with Crippen LogP contribution in [0.2, 0.25) is 0 Å². The molecule has 0 aliphatic carbocycles. The Morgan fingerprint density at radius 1 is 1.13 bits per heavy atom. The molecule has 4 heteroatoms. The minimum Gasteiger partial charge on any atom is -0.507 e. The molecule has 0 atom stereocenters. The first-order chi connectivity index (χ1) is 7.24. The van der Waals surface area contributed by atoms with Gasteiger partial charge in [-0.25, -0.2) is 4.98 Å². The van der Waals surface area contributed by atoms with Crippen molar-refractivity contribution in [2.24, 2.45) is 0 Å². The molecule has 15 heavy (non-hydrogen) atoms. The molecule has 0 fully saturated rings. The van der Waals surface area contributed by atoms with Gasteiger partial charge in [-0.3, -0.25) is 0 Å². The molecule has 0 saturated heterocycles. The maximum absolute atomic E-state index is 9.69. The van der Waals surface area contributed by atoms with Gasteiger partial charge in [0.15, 0.2) is 0 Å². The van der Waals surface area contributed by atoms with Gasteiger partial charge in [0.2, 0.25) is 5.88 Å². The van der Waals surface area contributed by atoms with Crippen molar-refractivity contribution in [3.05, 3.63) is 24.3 Å². The molecule has 0 saturated carbocycles. The van der Waals surface area contributed by atoms with Crippen molar-refractivity contribution in [1.29, 1.82) is 0 Å². The van der Waals surface area contributed by atoms with Gasteiger partial charge < -0.3 is 14.6 Å². The predicted octanol–water partition coefficient (Wildman–Crippen LogP) is 1.96. The Morgan fingerprint density at radius 2 is 1.93 bits per heavy atom. The molecule has 78 valence electrons. The molecule has 1 aromatic heterocycles. The molecule has 4 nitrogen and oxygen atoms in total. The molecule has 0 aliphatic rings. The van der Waals surface area contributed by atoms with Gasteiger partial charge in [-0.15, -0.1) is 0 Å². The molecular formula is C11H11NO3. The third kappa shape index (κ3) is 1.66. The van der Waals surface area contributed by atoms with Gasteiger partial charge in [-0.1, -0.05) is 0 Å². The summed E-state index contributed by atoms with van der Waals surface area (Å²) in [7, 11) is 3.09. The summed E-state index contributed by atoms with van der Waals surface area (Å²) < 4.78 is 10.0. The van der Waals surface area contributed by atoms with E-state index in [9.17, 15) is 5.11 Å². The van der Waals surface area contributed by atoms with Crippen LogP contribution in [0.4, 0.5) is 0 Å². The zero-order chi connectivity index (χ0) is 10.8. The fraction of sp³-hybridized carbons (Fsp3) is 0.182. The molecule has 0 amide bonds. The van der Waals surface area contributed by atoms with E-state index in [1.165, 1.54) is 13.2 Å². The van der Waals surface area contributed by atoms with E-state index < -0.39 is 0 Å². The number of aromatic hydroxyl groups is 1. The van der Waals surface area contributed by atoms with Gasteiger partial charge in [0.25, 0.3) is 0 Å². The number of hydrogen-bond donors (Lipinski definition) is 1. The second-order valence-corrected chi connectivity index (χ2v) is 3.07. The molecule has 1 N–H and O–H groups in total. The lowest BCUT2D eigenvalue weighted by atomic mass is 10.2. The first-order valence-electron chi connectivity index (χ1n) is 4.46. The predicted molar refractivity (Wildman–Crippen MR) is 56.5 cm³/mol. The van der Waals surface area contributed by atoms with Crippen molar-refractivity contribution >= 4 is 10.9 Å². The second-order valence-electron chi connectivity index (χ2n) is 3.07. The SMILES string of the molecule is COc1ccc2c(O)cc(OC)nc2c1. The van der Waals surface area contributed by atoms with Crippen molar-refractivity contribution in [2.45, 2.75) is 0 Å². The molecular weight excluding hydrogens is 194 g/mol. The van der Waals surface area contributed by atoms with Crippen LogP contribution in [0.3, 0.4) is 0 Å². The highest BCUT2D eigenvalue weighted by atomic mass is 16.5. The summed E-state index contributed by atoms with van der Waals surface area (Å²) in [5.74, 6) is 1.23. The van der Waals surface area contributed by atoms with Crippen molar-refractivity contribution in [3.8, 4) is 17.4 Å². The highest BCUT2D eigenvalue weighted by Crippen LogP contribution is 2.29. The highest BCUT2D eigenvalue weighted by molar-refractivity contribution is 5.86. The van der Waals surface area contributed by atoms with Crippen LogP contribution < -0.4 is 9.47 Å². The first kappa shape index (κ1) is 9.58. The Kier molecular flexibility index (Phi) is 2.33. The average molecular weight is 205 g/mol. The highest BCUT2D eigenvalue weighted by Gasteiger charge is 2.05. The molecule has 0 aliphatic heterocycles. The molecule has 1 heterocycles. The van der Waals surface area contributed by atoms with Crippen LogP contribution in [-0.4, -0.2) is 24.3 Å². The number of aromatic nitrogens is 1. The van der Waals surface area contributed by atoms with Crippen LogP contribution in [0.25, 0.3) is 10.9 Å². The molecule has 0 radical (unpaired) electrons. The van der Waals surface area contributed by atoms with Crippen LogP contribution in [0.5, 0.6) is 17.4 Å². The van der Waals surface area contributed by atoms with Crippen LogP contribution >= 0.6 is 0 Å². The summed E-state index contributed by atoms with van der Waals surface area (Å²) in [4.78, 5) is 4.20. The molecule has 2 aromatic rings. The standard InChI is InChI=1S/C11H11NO3/c1-14-7-3-4-8-9(5-7)12-11(15-2)6-10(8)13/h3-6H,1-2H3,(H,12,13). The van der Waals surface area contributed by atoms with Gasteiger partial charge in [0.05, 0.1) is 19.7 Å². The normalized spacial score (nSPS) is 10.3. The van der Waals surface area contributed by atoms with E-state index in [0.717, 1.165) is 0 Å². The lowest BCUT2D eigenvalue weighted by Gasteiger charge is -2.05. The van der Waals surface area contributed by atoms with Gasteiger partial charge in [0.1, 0.15) is 11.5 Å². The van der Waals surface area contributed by atoms with Gasteiger partial charge in [0, 0.05) is 17.5 Å². The number of methoxy groups -OCH3 is 2. The molecule has 0 spiro atoms. The monoisotopic (exact) mass is 205 g/mol. The van der Waals surface area contributed by atoms with Crippen molar-refractivity contribution < 1.29 is 14.6 Å². The summed E-state index contributed by atoms with van der Waals surface area (Å²) in [6.07, 6.45) is 0. The van der Waals surface area contributed by atoms with E-state index in [2.05, 4.69) is 4.98 Å². The molecule has 0 unspecified atom stereocenters. The maximum Gasteiger partial charge on any atom is 0.217 e. The van der Waals surface area contributed by atoms with E-state index in [4.69, 9.17) is 9.47 Å². The smallest absolute Gasteiger partial charge is 0.217 e. The molecule has 2 rings (SSSR count). The van der Waals surface area contributed by atoms with E-state index in [-0.39, 0.29) is 5.75 Å². The molecule has 1 aromatic carbocycles. The van der Waals surface area contributed by atoms with Crippen LogP contribution in [-0.2, 0) is 0 Å². The van der Waals surface area contributed by atoms with Crippen molar-refractivity contribution in [3.63, 3.8) is 0 Å². The third-order valence-electron chi connectivity index (χ3n) is 2.18. The summed E-state index contributed by atoms with van der Waals surface area (Å²) in [5, 5.41) is 10.4.